The quantitative estimate of drug-likeness (QED) is 0.846. The molecule has 1 saturated heterocycles. The highest BCUT2D eigenvalue weighted by Gasteiger charge is 2.16. The van der Waals surface area contributed by atoms with E-state index in [1.165, 1.54) is 10.9 Å². The molecule has 0 aliphatic carbocycles. The van der Waals surface area contributed by atoms with Crippen LogP contribution >= 0.6 is 0 Å². The van der Waals surface area contributed by atoms with Crippen molar-refractivity contribution in [2.45, 2.75) is 25.4 Å². The van der Waals surface area contributed by atoms with Gasteiger partial charge in [-0.15, -0.1) is 0 Å². The minimum Gasteiger partial charge on any atom is -0.381 e. The molecule has 8 heteroatoms. The van der Waals surface area contributed by atoms with E-state index >= 15 is 0 Å². The average Bonchev–Trinajstić information content (AvgIpc) is 3.03. The first kappa shape index (κ1) is 16.1. The van der Waals surface area contributed by atoms with Gasteiger partial charge in [0.1, 0.15) is 12.2 Å². The van der Waals surface area contributed by atoms with E-state index in [1.54, 1.807) is 30.6 Å². The van der Waals surface area contributed by atoms with Gasteiger partial charge < -0.3 is 15.4 Å². The Kier molecular flexibility index (Phi) is 5.17. The number of pyridine rings is 1. The van der Waals surface area contributed by atoms with Crippen LogP contribution in [-0.2, 0) is 16.1 Å². The fraction of sp³-hybridized carbons (Fsp3) is 0.375. The van der Waals surface area contributed by atoms with Gasteiger partial charge in [-0.3, -0.25) is 19.3 Å². The zero-order valence-corrected chi connectivity index (χ0v) is 13.1. The first-order chi connectivity index (χ1) is 11.7. The number of amides is 2. The average molecular weight is 329 g/mol. The minimum atomic E-state index is -0.318. The second-order valence-electron chi connectivity index (χ2n) is 5.55. The number of nitrogens with one attached hydrogen (secondary N) is 2. The lowest BCUT2D eigenvalue weighted by Crippen LogP contribution is -2.40. The van der Waals surface area contributed by atoms with Gasteiger partial charge in [0.2, 0.25) is 5.91 Å². The molecule has 8 nitrogen and oxygen atoms in total. The summed E-state index contributed by atoms with van der Waals surface area (Å²) in [6.07, 6.45) is 6.33. The van der Waals surface area contributed by atoms with Gasteiger partial charge in [-0.25, -0.2) is 0 Å². The summed E-state index contributed by atoms with van der Waals surface area (Å²) >= 11 is 0. The van der Waals surface area contributed by atoms with Gasteiger partial charge in [0, 0.05) is 31.6 Å². The second-order valence-corrected chi connectivity index (χ2v) is 5.55. The molecule has 1 aliphatic rings. The van der Waals surface area contributed by atoms with Gasteiger partial charge in [0.15, 0.2) is 0 Å². The lowest BCUT2D eigenvalue weighted by atomic mass is 10.1. The molecular weight excluding hydrogens is 310 g/mol. The Balaban J connectivity index is 1.51. The first-order valence-corrected chi connectivity index (χ1v) is 7.82. The lowest BCUT2D eigenvalue weighted by Gasteiger charge is -2.23. The third-order valence-electron chi connectivity index (χ3n) is 3.68. The normalized spacial score (nSPS) is 15.0. The predicted molar refractivity (Wildman–Crippen MR) is 86.4 cm³/mol. The molecule has 1 aliphatic heterocycles. The van der Waals surface area contributed by atoms with Gasteiger partial charge >= 0.3 is 0 Å². The number of carbonyl (C=O) groups excluding carboxylic acids is 2. The van der Waals surface area contributed by atoms with Gasteiger partial charge in [-0.2, -0.15) is 5.10 Å². The van der Waals surface area contributed by atoms with Crippen LogP contribution in [0.3, 0.4) is 0 Å². The Bertz CT molecular complexity index is 695. The summed E-state index contributed by atoms with van der Waals surface area (Å²) in [6.45, 7) is 1.46. The fourth-order valence-electron chi connectivity index (χ4n) is 2.47. The molecule has 1 fully saturated rings. The Hall–Kier alpha value is -2.74. The third kappa shape index (κ3) is 4.39. The number of rotatable bonds is 5. The second kappa shape index (κ2) is 7.69. The van der Waals surface area contributed by atoms with E-state index in [-0.39, 0.29) is 24.4 Å². The zero-order chi connectivity index (χ0) is 16.8. The maximum atomic E-state index is 12.0. The highest BCUT2D eigenvalue weighted by Crippen LogP contribution is 2.08. The van der Waals surface area contributed by atoms with Crippen molar-refractivity contribution in [2.75, 3.05) is 18.5 Å². The van der Waals surface area contributed by atoms with Crippen LogP contribution in [0, 0.1) is 0 Å². The number of hydrogen-bond acceptors (Lipinski definition) is 5. The highest BCUT2D eigenvalue weighted by atomic mass is 16.5. The van der Waals surface area contributed by atoms with Crippen molar-refractivity contribution < 1.29 is 14.3 Å². The van der Waals surface area contributed by atoms with Crippen LogP contribution in [0.25, 0.3) is 0 Å². The van der Waals surface area contributed by atoms with E-state index in [0.29, 0.717) is 24.6 Å². The summed E-state index contributed by atoms with van der Waals surface area (Å²) in [5.74, 6) is -0.422. The molecular formula is C16H19N5O3. The Morgan fingerprint density at radius 2 is 2.12 bits per heavy atom. The van der Waals surface area contributed by atoms with E-state index in [1.807, 2.05) is 0 Å². The summed E-state index contributed by atoms with van der Waals surface area (Å²) in [5.41, 5.74) is 0.840. The first-order valence-electron chi connectivity index (χ1n) is 7.82. The summed E-state index contributed by atoms with van der Waals surface area (Å²) in [6, 6.07) is 5.27. The Labute approximate surface area is 139 Å². The maximum Gasteiger partial charge on any atom is 0.274 e. The summed E-state index contributed by atoms with van der Waals surface area (Å²) < 4.78 is 6.75. The summed E-state index contributed by atoms with van der Waals surface area (Å²) in [5, 5.41) is 9.76. The summed E-state index contributed by atoms with van der Waals surface area (Å²) in [4.78, 5) is 28.0. The number of ether oxygens (including phenoxy) is 1. The van der Waals surface area contributed by atoms with E-state index in [2.05, 4.69) is 20.7 Å². The van der Waals surface area contributed by atoms with Crippen LogP contribution in [0.1, 0.15) is 23.3 Å². The predicted octanol–water partition coefficient (Wildman–Crippen LogP) is 0.826. The molecule has 3 rings (SSSR count). The van der Waals surface area contributed by atoms with Gasteiger partial charge in [-0.05, 0) is 25.0 Å². The van der Waals surface area contributed by atoms with Crippen molar-refractivity contribution in [2.24, 2.45) is 0 Å². The topological polar surface area (TPSA) is 98.1 Å². The Morgan fingerprint density at radius 3 is 2.88 bits per heavy atom. The molecule has 0 atom stereocenters. The molecule has 0 aromatic carbocycles. The van der Waals surface area contributed by atoms with Crippen LogP contribution in [0.5, 0.6) is 0 Å². The lowest BCUT2D eigenvalue weighted by molar-refractivity contribution is -0.123. The monoisotopic (exact) mass is 329 g/mol. The van der Waals surface area contributed by atoms with Crippen molar-refractivity contribution in [3.63, 3.8) is 0 Å². The number of aromatic nitrogens is 3. The number of anilines is 1. The minimum absolute atomic E-state index is 0.104. The highest BCUT2D eigenvalue weighted by molar-refractivity contribution is 6.02. The van der Waals surface area contributed by atoms with Gasteiger partial charge in [0.25, 0.3) is 5.91 Å². The molecule has 2 aromatic rings. The van der Waals surface area contributed by atoms with E-state index in [0.717, 1.165) is 12.8 Å². The smallest absolute Gasteiger partial charge is 0.274 e. The number of nitrogens with zero attached hydrogens (tertiary/aromatic N) is 3. The molecule has 126 valence electrons. The maximum absolute atomic E-state index is 12.0. The fourth-order valence-corrected chi connectivity index (χ4v) is 2.47. The molecule has 0 spiro atoms. The van der Waals surface area contributed by atoms with Crippen molar-refractivity contribution in [1.29, 1.82) is 0 Å². The standard InChI is InChI=1S/C16H19N5O3/c22-15(19-12-4-7-24-8-5-12)11-21-10-13(9-18-21)20-16(23)14-3-1-2-6-17-14/h1-3,6,9-10,12H,4-5,7-8,11H2,(H,19,22)(H,20,23). The summed E-state index contributed by atoms with van der Waals surface area (Å²) in [7, 11) is 0. The van der Waals surface area contributed by atoms with Crippen molar-refractivity contribution >= 4 is 17.5 Å². The largest absolute Gasteiger partial charge is 0.381 e. The molecule has 2 amide bonds. The third-order valence-corrected chi connectivity index (χ3v) is 3.68. The van der Waals surface area contributed by atoms with Crippen molar-refractivity contribution in [3.8, 4) is 0 Å². The number of carbonyl (C=O) groups is 2. The molecule has 3 heterocycles. The van der Waals surface area contributed by atoms with Crippen LogP contribution < -0.4 is 10.6 Å². The molecule has 0 bridgehead atoms. The molecule has 24 heavy (non-hydrogen) atoms. The van der Waals surface area contributed by atoms with Crippen LogP contribution in [0.4, 0.5) is 5.69 Å². The van der Waals surface area contributed by atoms with Crippen LogP contribution in [0.15, 0.2) is 36.8 Å². The van der Waals surface area contributed by atoms with Crippen molar-refractivity contribution in [3.05, 3.63) is 42.5 Å². The van der Waals surface area contributed by atoms with Crippen molar-refractivity contribution in [1.82, 2.24) is 20.1 Å². The molecule has 0 saturated carbocycles. The SMILES string of the molecule is O=C(Cn1cc(NC(=O)c2ccccn2)cn1)NC1CCOCC1. The van der Waals surface area contributed by atoms with E-state index in [4.69, 9.17) is 4.74 Å². The molecule has 2 aromatic heterocycles. The van der Waals surface area contributed by atoms with Crippen LogP contribution in [0.2, 0.25) is 0 Å². The van der Waals surface area contributed by atoms with Gasteiger partial charge in [0.05, 0.1) is 11.9 Å². The van der Waals surface area contributed by atoms with E-state index < -0.39 is 0 Å². The number of hydrogen-bond donors (Lipinski definition) is 2. The van der Waals surface area contributed by atoms with Gasteiger partial charge in [-0.1, -0.05) is 6.07 Å². The Morgan fingerprint density at radius 1 is 1.29 bits per heavy atom. The molecule has 0 radical (unpaired) electrons. The zero-order valence-electron chi connectivity index (χ0n) is 13.1. The molecule has 2 N–H and O–H groups in total. The van der Waals surface area contributed by atoms with Crippen LogP contribution in [-0.4, -0.2) is 45.8 Å². The molecule has 0 unspecified atom stereocenters. The van der Waals surface area contributed by atoms with E-state index in [9.17, 15) is 9.59 Å².